The fraction of sp³-hybridized carbons (Fsp3) is 0.295. The molecule has 2 aliphatic rings. The van der Waals surface area contributed by atoms with Crippen molar-refractivity contribution >= 4 is 60.2 Å². The number of nitrogens with zero attached hydrogens (tertiary/aromatic N) is 4. The molecule has 16 heteroatoms. The molecule has 60 heavy (non-hydrogen) atoms. The van der Waals surface area contributed by atoms with E-state index in [-0.39, 0.29) is 33.0 Å². The number of anilines is 4. The number of ketones is 1. The van der Waals surface area contributed by atoms with Gasteiger partial charge in [-0.25, -0.2) is 0 Å². The van der Waals surface area contributed by atoms with E-state index in [0.29, 0.717) is 62.1 Å². The Kier molecular flexibility index (Phi) is 13.2. The topological polar surface area (TPSA) is 149 Å². The van der Waals surface area contributed by atoms with E-state index in [1.165, 1.54) is 62.8 Å². The monoisotopic (exact) mass is 873 g/mol. The summed E-state index contributed by atoms with van der Waals surface area (Å²) in [7, 11) is -6.35. The van der Waals surface area contributed by atoms with Crippen molar-refractivity contribution in [3.8, 4) is 11.5 Å². The zero-order valence-corrected chi connectivity index (χ0v) is 35.7. The molecule has 7 rings (SSSR count). The molecule has 0 bridgehead atoms. The minimum atomic E-state index is -4.65. The number of benzene rings is 5. The molecule has 2 heterocycles. The van der Waals surface area contributed by atoms with Crippen molar-refractivity contribution < 1.29 is 36.2 Å². The largest absolute Gasteiger partial charge is 0.497 e. The number of Topliss-reactive ketones (excluding diaryl/α,β-unsaturated/α-hetero) is 1. The van der Waals surface area contributed by atoms with Crippen LogP contribution in [0.15, 0.2) is 131 Å². The van der Waals surface area contributed by atoms with Crippen molar-refractivity contribution in [1.29, 1.82) is 0 Å². The quantitative estimate of drug-likeness (QED) is 0.107. The van der Waals surface area contributed by atoms with Crippen LogP contribution in [0.5, 0.6) is 11.5 Å². The van der Waals surface area contributed by atoms with E-state index in [2.05, 4.69) is 10.2 Å². The Hall–Kier alpha value is -5.32. The maximum absolute atomic E-state index is 15.0. The van der Waals surface area contributed by atoms with Gasteiger partial charge in [-0.2, -0.15) is 25.7 Å². The number of aliphatic hydroxyl groups excluding tert-OH is 1. The number of methoxy groups -OCH3 is 2. The van der Waals surface area contributed by atoms with Crippen LogP contribution in [0.1, 0.15) is 37.4 Å². The number of aliphatic hydroxyl groups is 1. The summed E-state index contributed by atoms with van der Waals surface area (Å²) in [5.74, 6) is 1.05. The molecule has 316 valence electrons. The van der Waals surface area contributed by atoms with Crippen molar-refractivity contribution in [3.05, 3.63) is 132 Å². The minimum Gasteiger partial charge on any atom is -0.497 e. The Morgan fingerprint density at radius 3 is 1.57 bits per heavy atom. The summed E-state index contributed by atoms with van der Waals surface area (Å²) in [5, 5.41) is 14.8. The Morgan fingerprint density at radius 1 is 0.683 bits per heavy atom. The number of carbonyl (C=O) groups excluding carboxylic acids is 1. The highest BCUT2D eigenvalue weighted by Crippen LogP contribution is 2.37. The Labute approximate surface area is 356 Å². The number of carbonyl (C=O) groups is 1. The molecule has 2 aliphatic heterocycles. The van der Waals surface area contributed by atoms with Crippen LogP contribution < -0.4 is 33.4 Å². The third kappa shape index (κ3) is 9.50. The van der Waals surface area contributed by atoms with Crippen LogP contribution in [0.25, 0.3) is 0 Å². The lowest BCUT2D eigenvalue weighted by molar-refractivity contribution is -0.119. The fourth-order valence-electron chi connectivity index (χ4n) is 7.43. The average molecular weight is 874 g/mol. The molecular formula is C44H48ClN5O8S2. The van der Waals surface area contributed by atoms with Gasteiger partial charge in [0.15, 0.2) is 0 Å². The summed E-state index contributed by atoms with van der Waals surface area (Å²) in [4.78, 5) is 15.9. The molecule has 0 aromatic heterocycles. The number of hydrazine groups is 1. The second-order valence-electron chi connectivity index (χ2n) is 14.6. The van der Waals surface area contributed by atoms with Gasteiger partial charge in [0, 0.05) is 68.0 Å². The van der Waals surface area contributed by atoms with E-state index >= 15 is 0 Å². The molecule has 0 amide bonds. The zero-order chi connectivity index (χ0) is 42.4. The molecule has 0 aliphatic carbocycles. The summed E-state index contributed by atoms with van der Waals surface area (Å²) in [6.07, 6.45) is 1.74. The van der Waals surface area contributed by atoms with Crippen molar-refractivity contribution in [2.45, 2.75) is 47.6 Å². The van der Waals surface area contributed by atoms with Crippen molar-refractivity contribution in [2.24, 2.45) is 0 Å². The third-order valence-electron chi connectivity index (χ3n) is 10.9. The molecule has 0 spiro atoms. The van der Waals surface area contributed by atoms with E-state index in [9.17, 15) is 26.7 Å². The second-order valence-corrected chi connectivity index (χ2v) is 18.6. The lowest BCUT2D eigenvalue weighted by Crippen LogP contribution is -2.50. The smallest absolute Gasteiger partial charge is 0.282 e. The molecule has 0 radical (unpaired) electrons. The van der Waals surface area contributed by atoms with Crippen LogP contribution in [0, 0.1) is 0 Å². The minimum absolute atomic E-state index is 0.0684. The Bertz CT molecular complexity index is 2460. The van der Waals surface area contributed by atoms with Crippen LogP contribution >= 0.6 is 11.6 Å². The molecular weight excluding hydrogens is 826 g/mol. The van der Waals surface area contributed by atoms with Crippen LogP contribution in [-0.4, -0.2) is 80.7 Å². The summed E-state index contributed by atoms with van der Waals surface area (Å²) in [6.45, 7) is 2.84. The van der Waals surface area contributed by atoms with E-state index in [0.717, 1.165) is 38.6 Å². The lowest BCUT2D eigenvalue weighted by Gasteiger charge is -2.37. The normalized spacial score (nSPS) is 15.7. The predicted molar refractivity (Wildman–Crippen MR) is 234 cm³/mol. The molecule has 13 nitrogen and oxygen atoms in total. The lowest BCUT2D eigenvalue weighted by atomic mass is 10.0. The van der Waals surface area contributed by atoms with Gasteiger partial charge in [0.2, 0.25) is 0 Å². The molecule has 1 atom stereocenters. The van der Waals surface area contributed by atoms with E-state index < -0.39 is 26.2 Å². The van der Waals surface area contributed by atoms with Crippen molar-refractivity contribution in [3.63, 3.8) is 0 Å². The first kappa shape index (κ1) is 42.8. The Morgan fingerprint density at radius 2 is 1.13 bits per heavy atom. The molecule has 0 saturated carbocycles. The summed E-state index contributed by atoms with van der Waals surface area (Å²) in [6, 6.07) is 32.3. The van der Waals surface area contributed by atoms with Gasteiger partial charge in [-0.05, 0) is 128 Å². The fourth-order valence-corrected chi connectivity index (χ4v) is 10.9. The average Bonchev–Trinajstić information content (AvgIpc) is 3.28. The molecule has 2 saturated heterocycles. The first-order valence-corrected chi connectivity index (χ1v) is 22.9. The van der Waals surface area contributed by atoms with Crippen LogP contribution in [0.2, 0.25) is 5.02 Å². The SMILES string of the molecule is COc1ccc(S(=O)(=O)N(c2ccc(N3CCC(=O)CC3)cc2)N(c2ccc(N3CCC(NC[C@H](O)c4cccc(Cl)c4)CC3)cc2)S(=O)(=O)c2ccc(OC)cc2)cc1. The van der Waals surface area contributed by atoms with E-state index in [4.69, 9.17) is 21.1 Å². The predicted octanol–water partition coefficient (Wildman–Crippen LogP) is 6.82. The summed E-state index contributed by atoms with van der Waals surface area (Å²) in [5.41, 5.74) is 2.51. The summed E-state index contributed by atoms with van der Waals surface area (Å²) >= 11 is 6.11. The van der Waals surface area contributed by atoms with Gasteiger partial charge in [0.1, 0.15) is 17.3 Å². The highest BCUT2D eigenvalue weighted by molar-refractivity contribution is 7.97. The maximum Gasteiger partial charge on any atom is 0.282 e. The van der Waals surface area contributed by atoms with Crippen LogP contribution in [0.4, 0.5) is 22.7 Å². The van der Waals surface area contributed by atoms with Gasteiger partial charge in [-0.3, -0.25) is 4.79 Å². The number of piperidine rings is 2. The Balaban J connectivity index is 1.22. The van der Waals surface area contributed by atoms with Crippen molar-refractivity contribution in [2.75, 3.05) is 65.6 Å². The van der Waals surface area contributed by atoms with Crippen LogP contribution in [0.3, 0.4) is 0 Å². The maximum atomic E-state index is 15.0. The number of rotatable bonds is 15. The molecule has 5 aromatic rings. The van der Waals surface area contributed by atoms with Gasteiger partial charge >= 0.3 is 0 Å². The van der Waals surface area contributed by atoms with E-state index in [1.54, 1.807) is 60.7 Å². The summed E-state index contributed by atoms with van der Waals surface area (Å²) < 4.78 is 72.1. The van der Waals surface area contributed by atoms with Gasteiger partial charge in [0.05, 0.1) is 41.5 Å². The highest BCUT2D eigenvalue weighted by Gasteiger charge is 2.39. The third-order valence-corrected chi connectivity index (χ3v) is 14.6. The molecule has 2 fully saturated rings. The van der Waals surface area contributed by atoms with Gasteiger partial charge in [-0.15, -0.1) is 0 Å². The molecule has 0 unspecified atom stereocenters. The zero-order valence-electron chi connectivity index (χ0n) is 33.4. The number of hydrogen-bond donors (Lipinski definition) is 2. The standard InChI is InChI=1S/C44H48ClN5O8S2/c1-57-40-14-18-42(19-15-40)59(53,54)49(37-10-6-35(7-11-37)47-26-22-34(23-27-47)46-31-44(52)32-4-3-5-33(45)30-32)50(60(55,56)43-20-16-41(58-2)17-21-43)38-12-8-36(9-13-38)48-28-24-39(51)25-29-48/h3-21,30,34,44,46,52H,22-29,31H2,1-2H3/t44-/m0/s1. The second kappa shape index (κ2) is 18.5. The van der Waals surface area contributed by atoms with E-state index in [1.807, 2.05) is 17.0 Å². The number of halogens is 1. The first-order chi connectivity index (χ1) is 28.9. The number of sulfonamides is 2. The number of hydrogen-bond acceptors (Lipinski definition) is 11. The first-order valence-electron chi connectivity index (χ1n) is 19.6. The van der Waals surface area contributed by atoms with Gasteiger partial charge in [0.25, 0.3) is 20.0 Å². The molecule has 5 aromatic carbocycles. The van der Waals surface area contributed by atoms with Crippen LogP contribution in [-0.2, 0) is 24.8 Å². The van der Waals surface area contributed by atoms with Crippen molar-refractivity contribution in [1.82, 2.24) is 5.32 Å². The highest BCUT2D eigenvalue weighted by atomic mass is 35.5. The number of nitrogens with one attached hydrogen (secondary N) is 1. The van der Waals surface area contributed by atoms with Gasteiger partial charge in [-0.1, -0.05) is 23.7 Å². The molecule has 2 N–H and O–H groups in total. The van der Waals surface area contributed by atoms with Gasteiger partial charge < -0.3 is 29.7 Å². The number of ether oxygens (including phenoxy) is 2.